The molecule has 6 nitrogen and oxygen atoms in total. The fourth-order valence-corrected chi connectivity index (χ4v) is 1.27. The van der Waals surface area contributed by atoms with Crippen LogP contribution in [0.5, 0.6) is 0 Å². The summed E-state index contributed by atoms with van der Waals surface area (Å²) >= 11 is 0. The Kier molecular flexibility index (Phi) is 1.64. The van der Waals surface area contributed by atoms with E-state index in [0.29, 0.717) is 5.82 Å². The predicted octanol–water partition coefficient (Wildman–Crippen LogP) is -1.76. The second-order valence-corrected chi connectivity index (χ2v) is 2.66. The van der Waals surface area contributed by atoms with Gasteiger partial charge in [0.2, 0.25) is 0 Å². The molecule has 68 valence electrons. The van der Waals surface area contributed by atoms with Crippen molar-refractivity contribution >= 4 is 12.1 Å². The molecule has 2 aliphatic rings. The molecule has 4 N–H and O–H groups in total. The van der Waals surface area contributed by atoms with E-state index in [1.165, 1.54) is 5.01 Å². The van der Waals surface area contributed by atoms with Gasteiger partial charge in [-0.15, -0.1) is 0 Å². The average molecular weight is 178 g/mol. The molecule has 0 aromatic heterocycles. The van der Waals surface area contributed by atoms with Crippen LogP contribution in [0.1, 0.15) is 0 Å². The van der Waals surface area contributed by atoms with Gasteiger partial charge in [-0.3, -0.25) is 5.01 Å². The van der Waals surface area contributed by atoms with Gasteiger partial charge in [0.05, 0.1) is 0 Å². The summed E-state index contributed by atoms with van der Waals surface area (Å²) in [5, 5.41) is 19.4. The van der Waals surface area contributed by atoms with Crippen molar-refractivity contribution in [1.29, 1.82) is 5.41 Å². The summed E-state index contributed by atoms with van der Waals surface area (Å²) in [5.74, 6) is -0.389. The van der Waals surface area contributed by atoms with Gasteiger partial charge >= 0.3 is 0 Å². The van der Waals surface area contributed by atoms with Gasteiger partial charge in [0, 0.05) is 18.0 Å². The van der Waals surface area contributed by atoms with Gasteiger partial charge in [0.25, 0.3) is 0 Å². The van der Waals surface area contributed by atoms with Crippen LogP contribution in [0, 0.1) is 5.41 Å². The van der Waals surface area contributed by atoms with E-state index in [2.05, 4.69) is 10.4 Å². The highest BCUT2D eigenvalue weighted by atomic mass is 16.3. The summed E-state index contributed by atoms with van der Waals surface area (Å²) in [6.07, 6.45) is 4.31. The van der Waals surface area contributed by atoms with Crippen LogP contribution in [0.2, 0.25) is 0 Å². The fourth-order valence-electron chi connectivity index (χ4n) is 1.27. The molecular weight excluding hydrogens is 170 g/mol. The lowest BCUT2D eigenvalue weighted by Gasteiger charge is -2.16. The van der Waals surface area contributed by atoms with Crippen molar-refractivity contribution in [2.75, 3.05) is 0 Å². The van der Waals surface area contributed by atoms with E-state index in [-0.39, 0.29) is 5.57 Å². The van der Waals surface area contributed by atoms with Crippen molar-refractivity contribution in [2.24, 2.45) is 10.7 Å². The van der Waals surface area contributed by atoms with Gasteiger partial charge in [0.1, 0.15) is 6.17 Å². The van der Waals surface area contributed by atoms with Gasteiger partial charge in [-0.25, -0.2) is 10.4 Å². The van der Waals surface area contributed by atoms with Crippen LogP contribution >= 0.6 is 0 Å². The Morgan fingerprint density at radius 1 is 1.77 bits per heavy atom. The van der Waals surface area contributed by atoms with E-state index in [0.717, 1.165) is 0 Å². The number of nitrogens with one attached hydrogen (secondary N) is 2. The molecule has 1 atom stereocenters. The average Bonchev–Trinajstić information content (AvgIpc) is 2.39. The molecule has 0 bridgehead atoms. The molecule has 0 saturated carbocycles. The van der Waals surface area contributed by atoms with E-state index in [1.807, 2.05) is 0 Å². The molecule has 0 fully saturated rings. The minimum atomic E-state index is -0.801. The highest BCUT2D eigenvalue weighted by Gasteiger charge is 2.27. The molecule has 0 aromatic carbocycles. The standard InChI is InChI=1S/C7H9N5O/c8-5-4(6(9)13)7-10-2-1-3-12(7)11-5/h1-3,5,11H,8H2,(H2,9,13)/p-1. The number of hydrogen-bond acceptors (Lipinski definition) is 6. The van der Waals surface area contributed by atoms with E-state index in [1.54, 1.807) is 18.5 Å². The molecule has 0 aromatic rings. The first-order valence-electron chi connectivity index (χ1n) is 3.72. The predicted molar refractivity (Wildman–Crippen MR) is 45.3 cm³/mol. The Morgan fingerprint density at radius 2 is 2.54 bits per heavy atom. The summed E-state index contributed by atoms with van der Waals surface area (Å²) in [6, 6.07) is 0. The largest absolute Gasteiger partial charge is 0.859 e. The Hall–Kier alpha value is -1.66. The molecular formula is C7H8N5O-. The van der Waals surface area contributed by atoms with Crippen LogP contribution < -0.4 is 16.3 Å². The van der Waals surface area contributed by atoms with Crippen LogP contribution in [0.3, 0.4) is 0 Å². The number of hydrazine groups is 1. The van der Waals surface area contributed by atoms with Crippen molar-refractivity contribution in [3.8, 4) is 0 Å². The maximum absolute atomic E-state index is 10.9. The number of aliphatic imine (C=N–C) groups is 1. The maximum Gasteiger partial charge on any atom is 0.154 e. The van der Waals surface area contributed by atoms with Gasteiger partial charge in [-0.2, -0.15) is 0 Å². The molecule has 2 rings (SSSR count). The lowest BCUT2D eigenvalue weighted by Crippen LogP contribution is -2.42. The molecule has 0 saturated heterocycles. The normalized spacial score (nSPS) is 25.3. The third-order valence-electron chi connectivity index (χ3n) is 1.82. The van der Waals surface area contributed by atoms with Crippen molar-refractivity contribution < 1.29 is 5.11 Å². The summed E-state index contributed by atoms with van der Waals surface area (Å²) in [6.45, 7) is 0. The zero-order valence-electron chi connectivity index (χ0n) is 6.69. The molecule has 0 amide bonds. The summed E-state index contributed by atoms with van der Waals surface area (Å²) in [5.41, 5.74) is 8.56. The lowest BCUT2D eigenvalue weighted by atomic mass is 10.2. The highest BCUT2D eigenvalue weighted by Crippen LogP contribution is 2.20. The van der Waals surface area contributed by atoms with Crippen LogP contribution in [0.15, 0.2) is 28.7 Å². The number of hydrogen-bond donors (Lipinski definition) is 3. The molecule has 0 aliphatic carbocycles. The monoisotopic (exact) mass is 178 g/mol. The van der Waals surface area contributed by atoms with Gasteiger partial charge in [-0.1, -0.05) is 0 Å². The van der Waals surface area contributed by atoms with E-state index in [9.17, 15) is 5.11 Å². The molecule has 6 heteroatoms. The maximum atomic E-state index is 10.9. The Balaban J connectivity index is 2.45. The topological polar surface area (TPSA) is 101 Å². The Morgan fingerprint density at radius 3 is 3.23 bits per heavy atom. The fraction of sp³-hybridized carbons (Fsp3) is 0.143. The number of nitrogens with two attached hydrogens (primary N) is 1. The first-order valence-corrected chi connectivity index (χ1v) is 3.72. The summed E-state index contributed by atoms with van der Waals surface area (Å²) in [4.78, 5) is 3.95. The first-order chi connectivity index (χ1) is 6.20. The smallest absolute Gasteiger partial charge is 0.154 e. The van der Waals surface area contributed by atoms with E-state index >= 15 is 0 Å². The van der Waals surface area contributed by atoms with Gasteiger partial charge in [0.15, 0.2) is 5.82 Å². The lowest BCUT2D eigenvalue weighted by molar-refractivity contribution is -0.215. The number of nitrogens with zero attached hydrogens (tertiary/aromatic N) is 2. The van der Waals surface area contributed by atoms with Gasteiger partial charge in [-0.05, 0) is 12.0 Å². The molecule has 13 heavy (non-hydrogen) atoms. The number of rotatable bonds is 1. The van der Waals surface area contributed by atoms with E-state index < -0.39 is 12.1 Å². The van der Waals surface area contributed by atoms with E-state index in [4.69, 9.17) is 11.1 Å². The molecule has 1 unspecified atom stereocenters. The van der Waals surface area contributed by atoms with Crippen LogP contribution in [-0.4, -0.2) is 23.3 Å². The summed E-state index contributed by atoms with van der Waals surface area (Å²) < 4.78 is 0. The van der Waals surface area contributed by atoms with Crippen LogP contribution in [0.4, 0.5) is 0 Å². The molecule has 0 spiro atoms. The third-order valence-corrected chi connectivity index (χ3v) is 1.82. The Labute approximate surface area is 74.5 Å². The first kappa shape index (κ1) is 7.96. The number of fused-ring (bicyclic) bond motifs is 1. The second kappa shape index (κ2) is 2.68. The van der Waals surface area contributed by atoms with Crippen molar-refractivity contribution in [3.05, 3.63) is 23.7 Å². The Bertz CT molecular complexity index is 343. The SMILES string of the molecule is N=C([O-])C1=C2N=CC=CN2NC1N. The molecule has 2 aliphatic heterocycles. The quantitative estimate of drug-likeness (QED) is 0.327. The highest BCUT2D eigenvalue weighted by molar-refractivity contribution is 5.90. The second-order valence-electron chi connectivity index (χ2n) is 2.66. The zero-order chi connectivity index (χ0) is 9.42. The minimum absolute atomic E-state index is 0.195. The molecule has 0 radical (unpaired) electrons. The molecule has 2 heterocycles. The third kappa shape index (κ3) is 1.12. The van der Waals surface area contributed by atoms with Gasteiger partial charge < -0.3 is 16.2 Å². The van der Waals surface area contributed by atoms with Crippen molar-refractivity contribution in [3.63, 3.8) is 0 Å². The van der Waals surface area contributed by atoms with Crippen LogP contribution in [0.25, 0.3) is 0 Å². The van der Waals surface area contributed by atoms with Crippen LogP contribution in [-0.2, 0) is 0 Å². The van der Waals surface area contributed by atoms with Crippen molar-refractivity contribution in [1.82, 2.24) is 10.4 Å². The zero-order valence-corrected chi connectivity index (χ0v) is 6.69. The minimum Gasteiger partial charge on any atom is -0.859 e. The van der Waals surface area contributed by atoms with Crippen molar-refractivity contribution in [2.45, 2.75) is 6.17 Å². The number of allylic oxidation sites excluding steroid dienone is 1. The summed E-state index contributed by atoms with van der Waals surface area (Å²) in [7, 11) is 0.